The van der Waals surface area contributed by atoms with Crippen LogP contribution < -0.4 is 0 Å². The van der Waals surface area contributed by atoms with E-state index in [0.717, 1.165) is 24.7 Å². The summed E-state index contributed by atoms with van der Waals surface area (Å²) in [5.74, 6) is 3.91. The molecule has 0 bridgehead atoms. The quantitative estimate of drug-likeness (QED) is 0.593. The van der Waals surface area contributed by atoms with Crippen molar-refractivity contribution in [1.29, 1.82) is 0 Å². The molecule has 0 aromatic rings. The van der Waals surface area contributed by atoms with E-state index in [1.54, 1.807) is 0 Å². The lowest BCUT2D eigenvalue weighted by atomic mass is 9.95. The van der Waals surface area contributed by atoms with E-state index in [2.05, 4.69) is 21.6 Å². The molecule has 2 aliphatic heterocycles. The molecule has 0 saturated carbocycles. The minimum Gasteiger partial charge on any atom is -0.396 e. The van der Waals surface area contributed by atoms with Crippen LogP contribution in [0.15, 0.2) is 0 Å². The number of nitrogens with zero attached hydrogens (tertiary/aromatic N) is 2. The van der Waals surface area contributed by atoms with Crippen LogP contribution in [0.2, 0.25) is 0 Å². The van der Waals surface area contributed by atoms with Crippen LogP contribution in [-0.2, 0) is 0 Å². The normalized spacial score (nSPS) is 27.4. The van der Waals surface area contributed by atoms with Crippen molar-refractivity contribution in [2.24, 2.45) is 11.8 Å². The molecule has 2 N–H and O–H groups in total. The summed E-state index contributed by atoms with van der Waals surface area (Å²) in [7, 11) is 0. The molecule has 2 heterocycles. The van der Waals surface area contributed by atoms with Gasteiger partial charge >= 0.3 is 0 Å². The molecular formula is C18H36N2O2S. The van der Waals surface area contributed by atoms with Crippen LogP contribution in [0.1, 0.15) is 38.5 Å². The van der Waals surface area contributed by atoms with Crippen molar-refractivity contribution >= 4 is 11.8 Å². The van der Waals surface area contributed by atoms with Gasteiger partial charge in [0, 0.05) is 50.9 Å². The van der Waals surface area contributed by atoms with E-state index in [-0.39, 0.29) is 0 Å². The highest BCUT2D eigenvalue weighted by Crippen LogP contribution is 2.21. The van der Waals surface area contributed by atoms with Crippen LogP contribution in [0.4, 0.5) is 0 Å². The summed E-state index contributed by atoms with van der Waals surface area (Å²) in [6.45, 7) is 7.99. The van der Waals surface area contributed by atoms with Gasteiger partial charge in [-0.15, -0.1) is 0 Å². The zero-order valence-electron chi connectivity index (χ0n) is 14.7. The molecule has 2 unspecified atom stereocenters. The molecule has 2 aliphatic rings. The lowest BCUT2D eigenvalue weighted by Crippen LogP contribution is -2.38. The summed E-state index contributed by atoms with van der Waals surface area (Å²) < 4.78 is 0. The number of aliphatic hydroxyl groups excluding tert-OH is 2. The van der Waals surface area contributed by atoms with Gasteiger partial charge in [-0.3, -0.25) is 0 Å². The van der Waals surface area contributed by atoms with E-state index in [9.17, 15) is 0 Å². The molecule has 2 atom stereocenters. The summed E-state index contributed by atoms with van der Waals surface area (Å²) in [4.78, 5) is 5.18. The third kappa shape index (κ3) is 7.74. The first kappa shape index (κ1) is 19.5. The third-order valence-electron chi connectivity index (χ3n) is 5.38. The SMILES string of the molecule is OCCC1CCCN(CCSCCN2CCCC(CCO)C2)C1. The Morgan fingerprint density at radius 3 is 1.70 bits per heavy atom. The molecule has 2 rings (SSSR count). The van der Waals surface area contributed by atoms with Crippen molar-refractivity contribution in [3.8, 4) is 0 Å². The first-order chi connectivity index (χ1) is 11.3. The largest absolute Gasteiger partial charge is 0.396 e. The first-order valence-corrected chi connectivity index (χ1v) is 10.7. The monoisotopic (exact) mass is 344 g/mol. The Morgan fingerprint density at radius 1 is 0.783 bits per heavy atom. The Hall–Kier alpha value is 0.190. The molecule has 136 valence electrons. The van der Waals surface area contributed by atoms with Crippen molar-refractivity contribution in [3.63, 3.8) is 0 Å². The van der Waals surface area contributed by atoms with E-state index in [1.165, 1.54) is 76.5 Å². The van der Waals surface area contributed by atoms with E-state index < -0.39 is 0 Å². The molecule has 0 radical (unpaired) electrons. The fraction of sp³-hybridized carbons (Fsp3) is 1.00. The fourth-order valence-electron chi connectivity index (χ4n) is 4.03. The maximum absolute atomic E-state index is 9.09. The summed E-state index contributed by atoms with van der Waals surface area (Å²) in [6.07, 6.45) is 7.16. The topological polar surface area (TPSA) is 46.9 Å². The maximum Gasteiger partial charge on any atom is 0.0434 e. The minimum atomic E-state index is 0.348. The zero-order valence-corrected chi connectivity index (χ0v) is 15.5. The highest BCUT2D eigenvalue weighted by atomic mass is 32.2. The Kier molecular flexibility index (Phi) is 9.92. The highest BCUT2D eigenvalue weighted by molar-refractivity contribution is 7.99. The van der Waals surface area contributed by atoms with Crippen molar-refractivity contribution in [2.45, 2.75) is 38.5 Å². The molecule has 0 spiro atoms. The lowest BCUT2D eigenvalue weighted by Gasteiger charge is -2.33. The lowest BCUT2D eigenvalue weighted by molar-refractivity contribution is 0.153. The number of hydrogen-bond donors (Lipinski definition) is 2. The smallest absolute Gasteiger partial charge is 0.0434 e. The van der Waals surface area contributed by atoms with E-state index >= 15 is 0 Å². The van der Waals surface area contributed by atoms with Crippen molar-refractivity contribution in [3.05, 3.63) is 0 Å². The average Bonchev–Trinajstić information content (AvgIpc) is 2.56. The van der Waals surface area contributed by atoms with Crippen LogP contribution >= 0.6 is 11.8 Å². The van der Waals surface area contributed by atoms with Gasteiger partial charge in [0.2, 0.25) is 0 Å². The molecule has 0 aliphatic carbocycles. The summed E-state index contributed by atoms with van der Waals surface area (Å²) in [6, 6.07) is 0. The van der Waals surface area contributed by atoms with Crippen molar-refractivity contribution in [1.82, 2.24) is 9.80 Å². The number of piperidine rings is 2. The fourth-order valence-corrected chi connectivity index (χ4v) is 5.01. The molecule has 23 heavy (non-hydrogen) atoms. The number of rotatable bonds is 10. The molecule has 2 saturated heterocycles. The molecule has 0 amide bonds. The van der Waals surface area contributed by atoms with Gasteiger partial charge < -0.3 is 20.0 Å². The van der Waals surface area contributed by atoms with Crippen molar-refractivity contribution < 1.29 is 10.2 Å². The third-order valence-corrected chi connectivity index (χ3v) is 6.33. The van der Waals surface area contributed by atoms with Gasteiger partial charge in [-0.1, -0.05) is 0 Å². The predicted octanol–water partition coefficient (Wildman–Crippen LogP) is 1.91. The van der Waals surface area contributed by atoms with E-state index in [4.69, 9.17) is 10.2 Å². The zero-order chi connectivity index (χ0) is 16.3. The second-order valence-corrected chi connectivity index (χ2v) is 8.48. The van der Waals surface area contributed by atoms with Gasteiger partial charge in [0.25, 0.3) is 0 Å². The second-order valence-electron chi connectivity index (χ2n) is 7.25. The Balaban J connectivity index is 1.50. The number of aliphatic hydroxyl groups is 2. The number of hydrogen-bond acceptors (Lipinski definition) is 5. The summed E-state index contributed by atoms with van der Waals surface area (Å²) in [5, 5.41) is 18.2. The Labute approximate surface area is 146 Å². The van der Waals surface area contributed by atoms with Gasteiger partial charge in [-0.25, -0.2) is 0 Å². The van der Waals surface area contributed by atoms with Gasteiger partial charge in [0.05, 0.1) is 0 Å². The van der Waals surface area contributed by atoms with Crippen LogP contribution in [-0.4, -0.2) is 84.0 Å². The summed E-state index contributed by atoms with van der Waals surface area (Å²) >= 11 is 2.09. The van der Waals surface area contributed by atoms with Crippen LogP contribution in [0, 0.1) is 11.8 Å². The van der Waals surface area contributed by atoms with Crippen LogP contribution in [0.3, 0.4) is 0 Å². The molecule has 2 fully saturated rings. The molecular weight excluding hydrogens is 308 g/mol. The molecule has 4 nitrogen and oxygen atoms in total. The molecule has 5 heteroatoms. The molecule has 0 aromatic carbocycles. The number of likely N-dealkylation sites (tertiary alicyclic amines) is 2. The average molecular weight is 345 g/mol. The summed E-state index contributed by atoms with van der Waals surface area (Å²) in [5.41, 5.74) is 0. The van der Waals surface area contributed by atoms with Gasteiger partial charge in [-0.05, 0) is 63.5 Å². The van der Waals surface area contributed by atoms with Gasteiger partial charge in [0.15, 0.2) is 0 Å². The standard InChI is InChI=1S/C18H36N2O2S/c21-11-5-17-3-1-7-19(15-17)9-13-23-14-10-20-8-2-4-18(16-20)6-12-22/h17-18,21-22H,1-16H2. The second kappa shape index (κ2) is 11.7. The van der Waals surface area contributed by atoms with Crippen molar-refractivity contribution in [2.75, 3.05) is 64.0 Å². The Bertz CT molecular complexity index is 275. The first-order valence-electron chi connectivity index (χ1n) is 9.56. The maximum atomic E-state index is 9.09. The van der Waals surface area contributed by atoms with E-state index in [1.807, 2.05) is 0 Å². The Morgan fingerprint density at radius 2 is 1.26 bits per heavy atom. The molecule has 0 aromatic heterocycles. The van der Waals surface area contributed by atoms with Gasteiger partial charge in [0.1, 0.15) is 0 Å². The minimum absolute atomic E-state index is 0.348. The van der Waals surface area contributed by atoms with Gasteiger partial charge in [-0.2, -0.15) is 11.8 Å². The number of thioether (sulfide) groups is 1. The van der Waals surface area contributed by atoms with E-state index in [0.29, 0.717) is 13.2 Å². The highest BCUT2D eigenvalue weighted by Gasteiger charge is 2.20. The van der Waals surface area contributed by atoms with Crippen LogP contribution in [0.5, 0.6) is 0 Å². The predicted molar refractivity (Wildman–Crippen MR) is 99.1 cm³/mol. The van der Waals surface area contributed by atoms with Crippen LogP contribution in [0.25, 0.3) is 0 Å².